The van der Waals surface area contributed by atoms with Gasteiger partial charge in [-0.2, -0.15) is 17.0 Å². The quantitative estimate of drug-likeness (QED) is 0.816. The van der Waals surface area contributed by atoms with Gasteiger partial charge in [0.25, 0.3) is 10.2 Å². The second-order valence-electron chi connectivity index (χ2n) is 5.40. The van der Waals surface area contributed by atoms with Crippen molar-refractivity contribution in [2.24, 2.45) is 0 Å². The van der Waals surface area contributed by atoms with Gasteiger partial charge < -0.3 is 4.74 Å². The van der Waals surface area contributed by atoms with Crippen molar-refractivity contribution in [2.75, 3.05) is 26.2 Å². The predicted molar refractivity (Wildman–Crippen MR) is 77.0 cm³/mol. The van der Waals surface area contributed by atoms with Gasteiger partial charge in [0.2, 0.25) is 5.88 Å². The Morgan fingerprint density at radius 2 is 1.90 bits per heavy atom. The van der Waals surface area contributed by atoms with Crippen molar-refractivity contribution < 1.29 is 13.2 Å². The Morgan fingerprint density at radius 1 is 1.14 bits per heavy atom. The standard InChI is InChI=1S/C13H20N4O3S/c18-21(19,16-7-1-2-8-16)17-9-3-4-12(10-17)20-13-5-6-14-11-15-13/h5-6,11-12H,1-4,7-10H2. The van der Waals surface area contributed by atoms with E-state index in [2.05, 4.69) is 9.97 Å². The molecule has 3 rings (SSSR count). The molecule has 0 saturated carbocycles. The van der Waals surface area contributed by atoms with Gasteiger partial charge in [0.1, 0.15) is 12.4 Å². The third kappa shape index (κ3) is 3.33. The molecule has 0 amide bonds. The lowest BCUT2D eigenvalue weighted by Crippen LogP contribution is -2.49. The van der Waals surface area contributed by atoms with E-state index in [1.165, 1.54) is 6.33 Å². The van der Waals surface area contributed by atoms with Crippen LogP contribution in [0.3, 0.4) is 0 Å². The maximum absolute atomic E-state index is 12.6. The largest absolute Gasteiger partial charge is 0.473 e. The number of piperidine rings is 1. The van der Waals surface area contributed by atoms with Crippen LogP contribution < -0.4 is 4.74 Å². The van der Waals surface area contributed by atoms with Crippen LogP contribution in [-0.4, -0.2) is 59.3 Å². The highest BCUT2D eigenvalue weighted by Gasteiger charge is 2.35. The number of hydrogen-bond donors (Lipinski definition) is 0. The molecule has 1 atom stereocenters. The first-order valence-electron chi connectivity index (χ1n) is 7.34. The molecule has 1 unspecified atom stereocenters. The minimum absolute atomic E-state index is 0.147. The molecule has 0 spiro atoms. The van der Waals surface area contributed by atoms with E-state index in [4.69, 9.17) is 4.74 Å². The van der Waals surface area contributed by atoms with Crippen LogP contribution in [0.4, 0.5) is 0 Å². The highest BCUT2D eigenvalue weighted by atomic mass is 32.2. The number of hydrogen-bond acceptors (Lipinski definition) is 5. The Labute approximate surface area is 125 Å². The summed E-state index contributed by atoms with van der Waals surface area (Å²) in [5.41, 5.74) is 0. The molecule has 21 heavy (non-hydrogen) atoms. The number of rotatable bonds is 4. The maximum Gasteiger partial charge on any atom is 0.282 e. The lowest BCUT2D eigenvalue weighted by atomic mass is 10.1. The summed E-state index contributed by atoms with van der Waals surface area (Å²) in [7, 11) is -3.33. The van der Waals surface area contributed by atoms with Crippen LogP contribution in [0, 0.1) is 0 Å². The molecule has 7 nitrogen and oxygen atoms in total. The van der Waals surface area contributed by atoms with Crippen molar-refractivity contribution >= 4 is 10.2 Å². The number of ether oxygens (including phenoxy) is 1. The summed E-state index contributed by atoms with van der Waals surface area (Å²) in [6.45, 7) is 2.23. The van der Waals surface area contributed by atoms with Crippen molar-refractivity contribution in [1.29, 1.82) is 0 Å². The van der Waals surface area contributed by atoms with E-state index in [0.717, 1.165) is 25.7 Å². The third-order valence-corrected chi connectivity index (χ3v) is 5.90. The molecule has 0 aromatic carbocycles. The fourth-order valence-electron chi connectivity index (χ4n) is 2.81. The van der Waals surface area contributed by atoms with Crippen LogP contribution in [-0.2, 0) is 10.2 Å². The van der Waals surface area contributed by atoms with Crippen LogP contribution >= 0.6 is 0 Å². The van der Waals surface area contributed by atoms with Crippen LogP contribution in [0.15, 0.2) is 18.6 Å². The van der Waals surface area contributed by atoms with Gasteiger partial charge in [-0.25, -0.2) is 9.97 Å². The summed E-state index contributed by atoms with van der Waals surface area (Å²) in [6.07, 6.45) is 6.45. The van der Waals surface area contributed by atoms with Crippen LogP contribution in [0.25, 0.3) is 0 Å². The lowest BCUT2D eigenvalue weighted by Gasteiger charge is -2.34. The Bertz CT molecular complexity index is 560. The van der Waals surface area contributed by atoms with Crippen molar-refractivity contribution in [2.45, 2.75) is 31.8 Å². The summed E-state index contributed by atoms with van der Waals surface area (Å²) in [6, 6.07) is 1.69. The smallest absolute Gasteiger partial charge is 0.282 e. The molecule has 3 heterocycles. The van der Waals surface area contributed by atoms with Gasteiger partial charge in [-0.1, -0.05) is 0 Å². The highest BCUT2D eigenvalue weighted by molar-refractivity contribution is 7.86. The van der Waals surface area contributed by atoms with Crippen LogP contribution in [0.5, 0.6) is 5.88 Å². The topological polar surface area (TPSA) is 75.6 Å². The second-order valence-corrected chi connectivity index (χ2v) is 7.33. The molecular formula is C13H20N4O3S. The lowest BCUT2D eigenvalue weighted by molar-refractivity contribution is 0.121. The molecule has 0 N–H and O–H groups in total. The zero-order valence-electron chi connectivity index (χ0n) is 11.9. The van der Waals surface area contributed by atoms with Gasteiger partial charge in [-0.15, -0.1) is 0 Å². The fourth-order valence-corrected chi connectivity index (χ4v) is 4.57. The zero-order chi connectivity index (χ0) is 14.7. The second kappa shape index (κ2) is 6.25. The molecule has 0 bridgehead atoms. The third-order valence-electron chi connectivity index (χ3n) is 3.90. The van der Waals surface area contributed by atoms with Gasteiger partial charge in [0.15, 0.2) is 0 Å². The van der Waals surface area contributed by atoms with E-state index in [0.29, 0.717) is 32.1 Å². The fraction of sp³-hybridized carbons (Fsp3) is 0.692. The van der Waals surface area contributed by atoms with Crippen molar-refractivity contribution in [3.8, 4) is 5.88 Å². The summed E-state index contributed by atoms with van der Waals surface area (Å²) in [5, 5.41) is 0. The van der Waals surface area contributed by atoms with Crippen molar-refractivity contribution in [3.05, 3.63) is 18.6 Å². The molecule has 1 aromatic heterocycles. The average Bonchev–Trinajstić information content (AvgIpc) is 3.04. The van der Waals surface area contributed by atoms with Gasteiger partial charge in [0, 0.05) is 31.9 Å². The van der Waals surface area contributed by atoms with Crippen molar-refractivity contribution in [1.82, 2.24) is 18.6 Å². The van der Waals surface area contributed by atoms with E-state index in [1.54, 1.807) is 20.9 Å². The summed E-state index contributed by atoms with van der Waals surface area (Å²) >= 11 is 0. The van der Waals surface area contributed by atoms with Gasteiger partial charge >= 0.3 is 0 Å². The van der Waals surface area contributed by atoms with Gasteiger partial charge in [0.05, 0.1) is 6.54 Å². The molecule has 2 aliphatic heterocycles. The first kappa shape index (κ1) is 14.7. The van der Waals surface area contributed by atoms with E-state index in [1.807, 2.05) is 0 Å². The maximum atomic E-state index is 12.6. The minimum Gasteiger partial charge on any atom is -0.473 e. The van der Waals surface area contributed by atoms with Gasteiger partial charge in [-0.3, -0.25) is 0 Å². The summed E-state index contributed by atoms with van der Waals surface area (Å²) in [4.78, 5) is 7.87. The SMILES string of the molecule is O=S(=O)(N1CCCC1)N1CCCC(Oc2ccncn2)C1. The minimum atomic E-state index is -3.33. The number of nitrogens with zero attached hydrogens (tertiary/aromatic N) is 4. The zero-order valence-corrected chi connectivity index (χ0v) is 12.7. The Hall–Kier alpha value is -1.25. The average molecular weight is 312 g/mol. The Balaban J connectivity index is 1.65. The Morgan fingerprint density at radius 3 is 2.62 bits per heavy atom. The van der Waals surface area contributed by atoms with Gasteiger partial charge in [-0.05, 0) is 25.7 Å². The molecule has 2 aliphatic rings. The van der Waals surface area contributed by atoms with E-state index in [9.17, 15) is 8.42 Å². The predicted octanol–water partition coefficient (Wildman–Crippen LogP) is 0.660. The van der Waals surface area contributed by atoms with E-state index in [-0.39, 0.29) is 6.10 Å². The van der Waals surface area contributed by atoms with Crippen LogP contribution in [0.2, 0.25) is 0 Å². The molecule has 8 heteroatoms. The number of aromatic nitrogens is 2. The van der Waals surface area contributed by atoms with E-state index < -0.39 is 10.2 Å². The summed E-state index contributed by atoms with van der Waals surface area (Å²) in [5.74, 6) is 0.496. The van der Waals surface area contributed by atoms with Crippen LogP contribution in [0.1, 0.15) is 25.7 Å². The Kier molecular flexibility index (Phi) is 4.37. The highest BCUT2D eigenvalue weighted by Crippen LogP contribution is 2.22. The molecule has 2 fully saturated rings. The monoisotopic (exact) mass is 312 g/mol. The molecule has 0 aliphatic carbocycles. The van der Waals surface area contributed by atoms with E-state index >= 15 is 0 Å². The first-order chi connectivity index (χ1) is 10.2. The molecule has 2 saturated heterocycles. The van der Waals surface area contributed by atoms with Crippen molar-refractivity contribution in [3.63, 3.8) is 0 Å². The molecule has 1 aromatic rings. The summed E-state index contributed by atoms with van der Waals surface area (Å²) < 4.78 is 34.0. The molecular weight excluding hydrogens is 292 g/mol. The molecule has 116 valence electrons. The first-order valence-corrected chi connectivity index (χ1v) is 8.74. The molecule has 0 radical (unpaired) electrons. The normalized spacial score (nSPS) is 25.0.